The van der Waals surface area contributed by atoms with Gasteiger partial charge in [0.1, 0.15) is 5.82 Å². The monoisotopic (exact) mass is 288 g/mol. The Labute approximate surface area is 121 Å². The number of hydrogen-bond donors (Lipinski definition) is 1. The fraction of sp³-hybridized carbons (Fsp3) is 0.286. The third kappa shape index (κ3) is 2.60. The van der Waals surface area contributed by atoms with Gasteiger partial charge in [-0.05, 0) is 23.6 Å². The van der Waals surface area contributed by atoms with E-state index >= 15 is 0 Å². The molecule has 0 atom stereocenters. The second-order valence-electron chi connectivity index (χ2n) is 4.70. The first-order valence-electron chi connectivity index (χ1n) is 6.53. The largest absolute Gasteiger partial charge is 0.384 e. The molecule has 3 rings (SSSR count). The van der Waals surface area contributed by atoms with Crippen molar-refractivity contribution < 1.29 is 4.79 Å². The minimum absolute atomic E-state index is 0.134. The maximum absolute atomic E-state index is 12.2. The van der Waals surface area contributed by atoms with Crippen molar-refractivity contribution in [3.8, 4) is 0 Å². The van der Waals surface area contributed by atoms with E-state index in [1.807, 2.05) is 28.5 Å². The summed E-state index contributed by atoms with van der Waals surface area (Å²) in [4.78, 5) is 21.3. The summed E-state index contributed by atoms with van der Waals surface area (Å²) in [7, 11) is 0. The highest BCUT2D eigenvalue weighted by atomic mass is 32.1. The SMILES string of the molecule is Nc1ccc(N2CCN(C(=O)c3cccs3)CC2)cn1. The molecule has 0 saturated carbocycles. The summed E-state index contributed by atoms with van der Waals surface area (Å²) in [6, 6.07) is 7.56. The van der Waals surface area contributed by atoms with Crippen LogP contribution < -0.4 is 10.6 Å². The molecule has 1 fully saturated rings. The number of pyridine rings is 1. The van der Waals surface area contributed by atoms with E-state index in [1.165, 1.54) is 11.3 Å². The molecule has 2 N–H and O–H groups in total. The molecule has 6 heteroatoms. The Bertz CT molecular complexity index is 574. The van der Waals surface area contributed by atoms with Crippen LogP contribution in [0.15, 0.2) is 35.8 Å². The third-order valence-electron chi connectivity index (χ3n) is 3.43. The van der Waals surface area contributed by atoms with Crippen molar-refractivity contribution in [2.75, 3.05) is 36.8 Å². The molecule has 0 unspecified atom stereocenters. The fourth-order valence-electron chi connectivity index (χ4n) is 2.31. The van der Waals surface area contributed by atoms with Crippen LogP contribution in [-0.2, 0) is 0 Å². The summed E-state index contributed by atoms with van der Waals surface area (Å²) in [5.74, 6) is 0.662. The van der Waals surface area contributed by atoms with Gasteiger partial charge in [0.05, 0.1) is 16.8 Å². The quantitative estimate of drug-likeness (QED) is 0.913. The number of carbonyl (C=O) groups is 1. The summed E-state index contributed by atoms with van der Waals surface area (Å²) in [6.07, 6.45) is 1.78. The highest BCUT2D eigenvalue weighted by Crippen LogP contribution is 2.18. The number of nitrogens with zero attached hydrogens (tertiary/aromatic N) is 3. The lowest BCUT2D eigenvalue weighted by Gasteiger charge is -2.35. The molecule has 1 aliphatic heterocycles. The summed E-state index contributed by atoms with van der Waals surface area (Å²) >= 11 is 1.49. The van der Waals surface area contributed by atoms with Crippen molar-refractivity contribution in [1.29, 1.82) is 0 Å². The smallest absolute Gasteiger partial charge is 0.264 e. The van der Waals surface area contributed by atoms with Gasteiger partial charge in [-0.15, -0.1) is 11.3 Å². The molecule has 3 heterocycles. The maximum Gasteiger partial charge on any atom is 0.264 e. The molecule has 104 valence electrons. The summed E-state index contributed by atoms with van der Waals surface area (Å²) < 4.78 is 0. The fourth-order valence-corrected chi connectivity index (χ4v) is 3.00. The van der Waals surface area contributed by atoms with E-state index in [0.717, 1.165) is 36.7 Å². The topological polar surface area (TPSA) is 62.5 Å². The Balaban J connectivity index is 1.62. The number of piperazine rings is 1. The minimum atomic E-state index is 0.134. The predicted molar refractivity (Wildman–Crippen MR) is 81.1 cm³/mol. The van der Waals surface area contributed by atoms with Crippen molar-refractivity contribution in [2.45, 2.75) is 0 Å². The van der Waals surface area contributed by atoms with E-state index < -0.39 is 0 Å². The number of hydrogen-bond acceptors (Lipinski definition) is 5. The van der Waals surface area contributed by atoms with Crippen molar-refractivity contribution >= 4 is 28.7 Å². The molecule has 1 aliphatic rings. The number of anilines is 2. The van der Waals surface area contributed by atoms with Gasteiger partial charge in [-0.3, -0.25) is 4.79 Å². The second kappa shape index (κ2) is 5.50. The Morgan fingerprint density at radius 1 is 1.20 bits per heavy atom. The first-order valence-corrected chi connectivity index (χ1v) is 7.41. The lowest BCUT2D eigenvalue weighted by Crippen LogP contribution is -2.48. The van der Waals surface area contributed by atoms with Gasteiger partial charge in [0.2, 0.25) is 0 Å². The van der Waals surface area contributed by atoms with E-state index in [9.17, 15) is 4.79 Å². The molecule has 5 nitrogen and oxygen atoms in total. The van der Waals surface area contributed by atoms with E-state index in [-0.39, 0.29) is 5.91 Å². The van der Waals surface area contributed by atoms with Crippen LogP contribution >= 0.6 is 11.3 Å². The van der Waals surface area contributed by atoms with Crippen molar-refractivity contribution in [3.63, 3.8) is 0 Å². The number of nitrogens with two attached hydrogens (primary N) is 1. The van der Waals surface area contributed by atoms with Gasteiger partial charge >= 0.3 is 0 Å². The first kappa shape index (κ1) is 12.9. The normalized spacial score (nSPS) is 15.4. The zero-order valence-electron chi connectivity index (χ0n) is 11.0. The molecule has 2 aromatic rings. The standard InChI is InChI=1S/C14H16N4OS/c15-13-4-3-11(10-16-13)17-5-7-18(8-6-17)14(19)12-2-1-9-20-12/h1-4,9-10H,5-8H2,(H2,15,16). The van der Waals surface area contributed by atoms with Crippen molar-refractivity contribution in [2.24, 2.45) is 0 Å². The van der Waals surface area contributed by atoms with Crippen LogP contribution in [0.4, 0.5) is 11.5 Å². The lowest BCUT2D eigenvalue weighted by molar-refractivity contribution is 0.0751. The molecule has 0 bridgehead atoms. The number of carbonyl (C=O) groups excluding carboxylic acids is 1. The van der Waals surface area contributed by atoms with E-state index in [4.69, 9.17) is 5.73 Å². The molecular weight excluding hydrogens is 272 g/mol. The average molecular weight is 288 g/mol. The number of thiophene rings is 1. The lowest BCUT2D eigenvalue weighted by atomic mass is 10.2. The van der Waals surface area contributed by atoms with E-state index in [2.05, 4.69) is 9.88 Å². The molecule has 0 spiro atoms. The predicted octanol–water partition coefficient (Wildman–Crippen LogP) is 1.69. The highest BCUT2D eigenvalue weighted by Gasteiger charge is 2.22. The van der Waals surface area contributed by atoms with Crippen LogP contribution in [-0.4, -0.2) is 42.0 Å². The van der Waals surface area contributed by atoms with Crippen LogP contribution in [0, 0.1) is 0 Å². The second-order valence-corrected chi connectivity index (χ2v) is 5.65. The van der Waals surface area contributed by atoms with Gasteiger partial charge in [-0.25, -0.2) is 4.98 Å². The van der Waals surface area contributed by atoms with Gasteiger partial charge in [-0.1, -0.05) is 6.07 Å². The Morgan fingerprint density at radius 3 is 2.60 bits per heavy atom. The molecule has 1 amide bonds. The Hall–Kier alpha value is -2.08. The molecule has 0 radical (unpaired) electrons. The highest BCUT2D eigenvalue weighted by molar-refractivity contribution is 7.12. The molecule has 0 aromatic carbocycles. The molecule has 0 aliphatic carbocycles. The minimum Gasteiger partial charge on any atom is -0.384 e. The summed E-state index contributed by atoms with van der Waals surface area (Å²) in [6.45, 7) is 3.12. The number of nitrogen functional groups attached to an aromatic ring is 1. The van der Waals surface area contributed by atoms with Crippen LogP contribution in [0.25, 0.3) is 0 Å². The van der Waals surface area contributed by atoms with E-state index in [0.29, 0.717) is 5.82 Å². The first-order chi connectivity index (χ1) is 9.74. The summed E-state index contributed by atoms with van der Waals surface area (Å²) in [5, 5.41) is 1.93. The average Bonchev–Trinajstić information content (AvgIpc) is 3.02. The van der Waals surface area contributed by atoms with Crippen LogP contribution in [0.2, 0.25) is 0 Å². The zero-order valence-corrected chi connectivity index (χ0v) is 11.8. The third-order valence-corrected chi connectivity index (χ3v) is 4.29. The van der Waals surface area contributed by atoms with Crippen LogP contribution in [0.1, 0.15) is 9.67 Å². The molecule has 1 saturated heterocycles. The van der Waals surface area contributed by atoms with Crippen molar-refractivity contribution in [1.82, 2.24) is 9.88 Å². The molecular formula is C14H16N4OS. The Morgan fingerprint density at radius 2 is 2.00 bits per heavy atom. The molecule has 2 aromatic heterocycles. The zero-order chi connectivity index (χ0) is 13.9. The van der Waals surface area contributed by atoms with Gasteiger partial charge in [-0.2, -0.15) is 0 Å². The number of amides is 1. The van der Waals surface area contributed by atoms with Crippen molar-refractivity contribution in [3.05, 3.63) is 40.7 Å². The molecule has 20 heavy (non-hydrogen) atoms. The van der Waals surface area contributed by atoms with Gasteiger partial charge in [0.15, 0.2) is 0 Å². The van der Waals surface area contributed by atoms with Gasteiger partial charge in [0.25, 0.3) is 5.91 Å². The van der Waals surface area contributed by atoms with Gasteiger partial charge < -0.3 is 15.5 Å². The Kier molecular flexibility index (Phi) is 3.56. The van der Waals surface area contributed by atoms with E-state index in [1.54, 1.807) is 12.3 Å². The summed E-state index contributed by atoms with van der Waals surface area (Å²) in [5.41, 5.74) is 6.65. The maximum atomic E-state index is 12.2. The number of rotatable bonds is 2. The van der Waals surface area contributed by atoms with Crippen LogP contribution in [0.3, 0.4) is 0 Å². The number of aromatic nitrogens is 1. The van der Waals surface area contributed by atoms with Crippen LogP contribution in [0.5, 0.6) is 0 Å². The van der Waals surface area contributed by atoms with Gasteiger partial charge in [0, 0.05) is 26.2 Å².